The molecule has 1 heterocycles. The normalized spacial score (nSPS) is 16.6. The van der Waals surface area contributed by atoms with Gasteiger partial charge in [-0.3, -0.25) is 9.69 Å². The Morgan fingerprint density at radius 1 is 1.24 bits per heavy atom. The molecule has 2 rings (SSSR count). The maximum Gasteiger partial charge on any atom is 0.240 e. The van der Waals surface area contributed by atoms with Gasteiger partial charge in [0.05, 0.1) is 30.9 Å². The Bertz CT molecular complexity index is 774. The van der Waals surface area contributed by atoms with Gasteiger partial charge >= 0.3 is 0 Å². The molecule has 1 atom stereocenters. The van der Waals surface area contributed by atoms with Crippen molar-refractivity contribution in [1.82, 2.24) is 9.62 Å². The average Bonchev–Trinajstić information content (AvgIpc) is 2.71. The van der Waals surface area contributed by atoms with Gasteiger partial charge in [0.1, 0.15) is 5.75 Å². The van der Waals surface area contributed by atoms with Crippen LogP contribution in [0.2, 0.25) is 0 Å². The van der Waals surface area contributed by atoms with E-state index in [1.54, 1.807) is 6.07 Å². The fourth-order valence-electron chi connectivity index (χ4n) is 3.76. The van der Waals surface area contributed by atoms with E-state index in [1.165, 1.54) is 26.2 Å². The molecule has 1 aliphatic rings. The van der Waals surface area contributed by atoms with Crippen molar-refractivity contribution in [1.29, 1.82) is 0 Å². The Morgan fingerprint density at radius 3 is 2.45 bits per heavy atom. The number of carbonyl (C=O) groups is 1. The average molecular weight is 428 g/mol. The van der Waals surface area contributed by atoms with Crippen LogP contribution in [0.4, 0.5) is 5.69 Å². The van der Waals surface area contributed by atoms with Gasteiger partial charge in [-0.1, -0.05) is 26.7 Å². The molecule has 9 heteroatoms. The summed E-state index contributed by atoms with van der Waals surface area (Å²) in [6, 6.07) is 4.55. The molecule has 1 aromatic rings. The molecule has 0 bridgehead atoms. The molecule has 8 nitrogen and oxygen atoms in total. The first-order valence-electron chi connectivity index (χ1n) is 10.1. The third-order valence-electron chi connectivity index (χ3n) is 5.38. The summed E-state index contributed by atoms with van der Waals surface area (Å²) in [7, 11) is -2.27. The molecule has 1 aliphatic heterocycles. The van der Waals surface area contributed by atoms with Crippen LogP contribution in [0, 0.1) is 5.92 Å². The van der Waals surface area contributed by atoms with Gasteiger partial charge in [-0.2, -0.15) is 0 Å². The van der Waals surface area contributed by atoms with Crippen molar-refractivity contribution in [3.05, 3.63) is 18.2 Å². The zero-order chi connectivity index (χ0) is 21.4. The Labute approximate surface area is 174 Å². The minimum absolute atomic E-state index is 0.0901. The van der Waals surface area contributed by atoms with Gasteiger partial charge in [0.2, 0.25) is 15.9 Å². The number of sulfonamides is 1. The van der Waals surface area contributed by atoms with E-state index in [0.717, 1.165) is 25.9 Å². The summed E-state index contributed by atoms with van der Waals surface area (Å²) in [6.45, 7) is 8.91. The van der Waals surface area contributed by atoms with E-state index in [0.29, 0.717) is 37.1 Å². The number of ether oxygens (including phenoxy) is 2. The summed E-state index contributed by atoms with van der Waals surface area (Å²) >= 11 is 0. The van der Waals surface area contributed by atoms with Crippen molar-refractivity contribution in [2.24, 2.45) is 5.92 Å². The first kappa shape index (κ1) is 23.6. The maximum atomic E-state index is 12.9. The second-order valence-corrected chi connectivity index (χ2v) is 8.95. The second-order valence-electron chi connectivity index (χ2n) is 7.19. The zero-order valence-electron chi connectivity index (χ0n) is 17.7. The molecule has 0 radical (unpaired) electrons. The molecule has 1 fully saturated rings. The molecule has 164 valence electrons. The number of hydrogen-bond acceptors (Lipinski definition) is 6. The minimum atomic E-state index is -3.74. The summed E-state index contributed by atoms with van der Waals surface area (Å²) in [6.07, 6.45) is 1.96. The van der Waals surface area contributed by atoms with Crippen LogP contribution in [0.5, 0.6) is 5.75 Å². The predicted molar refractivity (Wildman–Crippen MR) is 113 cm³/mol. The first-order chi connectivity index (χ1) is 13.8. The lowest BCUT2D eigenvalue weighted by Gasteiger charge is -2.38. The molecular weight excluding hydrogens is 394 g/mol. The van der Waals surface area contributed by atoms with E-state index >= 15 is 0 Å². The SMILES string of the molecule is CCC(CC)C(CNS(=O)(=O)c1ccc(OC)c(NC(C)=O)c1)N1CCOCC1. The van der Waals surface area contributed by atoms with Crippen LogP contribution < -0.4 is 14.8 Å². The van der Waals surface area contributed by atoms with Crippen LogP contribution in [0.1, 0.15) is 33.6 Å². The number of morpholine rings is 1. The summed E-state index contributed by atoms with van der Waals surface area (Å²) in [5.41, 5.74) is 0.326. The Morgan fingerprint density at radius 2 is 1.90 bits per heavy atom. The van der Waals surface area contributed by atoms with E-state index in [-0.39, 0.29) is 16.8 Å². The quantitative estimate of drug-likeness (QED) is 0.593. The van der Waals surface area contributed by atoms with E-state index < -0.39 is 10.0 Å². The van der Waals surface area contributed by atoms with Gasteiger partial charge in [0.25, 0.3) is 0 Å². The van der Waals surface area contributed by atoms with Gasteiger partial charge in [0, 0.05) is 32.6 Å². The molecular formula is C20H33N3O5S. The van der Waals surface area contributed by atoms with Crippen LogP contribution in [-0.2, 0) is 19.6 Å². The summed E-state index contributed by atoms with van der Waals surface area (Å²) < 4.78 is 39.3. The topological polar surface area (TPSA) is 97.0 Å². The van der Waals surface area contributed by atoms with Gasteiger partial charge in [-0.05, 0) is 24.1 Å². The predicted octanol–water partition coefficient (Wildman–Crippen LogP) is 2.07. The van der Waals surface area contributed by atoms with Crippen LogP contribution in [0.15, 0.2) is 23.1 Å². The first-order valence-corrected chi connectivity index (χ1v) is 11.6. The highest BCUT2D eigenvalue weighted by molar-refractivity contribution is 7.89. The second kappa shape index (κ2) is 10.9. The van der Waals surface area contributed by atoms with Gasteiger partial charge in [-0.15, -0.1) is 0 Å². The van der Waals surface area contributed by atoms with E-state index in [2.05, 4.69) is 28.8 Å². The number of benzene rings is 1. The molecule has 0 aliphatic carbocycles. The summed E-state index contributed by atoms with van der Waals surface area (Å²) in [5, 5.41) is 2.61. The highest BCUT2D eigenvalue weighted by atomic mass is 32.2. The van der Waals surface area contributed by atoms with Crippen molar-refractivity contribution in [2.75, 3.05) is 45.3 Å². The van der Waals surface area contributed by atoms with Crippen molar-refractivity contribution >= 4 is 21.6 Å². The molecule has 1 amide bonds. The lowest BCUT2D eigenvalue weighted by molar-refractivity contribution is -0.114. The monoisotopic (exact) mass is 427 g/mol. The summed E-state index contributed by atoms with van der Waals surface area (Å²) in [4.78, 5) is 13.8. The number of carbonyl (C=O) groups excluding carboxylic acids is 1. The van der Waals surface area contributed by atoms with Crippen LogP contribution >= 0.6 is 0 Å². The van der Waals surface area contributed by atoms with Crippen LogP contribution in [0.25, 0.3) is 0 Å². The molecule has 1 aromatic carbocycles. The van der Waals surface area contributed by atoms with Crippen LogP contribution in [0.3, 0.4) is 0 Å². The number of hydrogen-bond donors (Lipinski definition) is 2. The van der Waals surface area contributed by atoms with Crippen molar-refractivity contribution in [3.8, 4) is 5.75 Å². The summed E-state index contributed by atoms with van der Waals surface area (Å²) in [5.74, 6) is 0.496. The Hall–Kier alpha value is -1.68. The fraction of sp³-hybridized carbons (Fsp3) is 0.650. The number of rotatable bonds is 10. The van der Waals surface area contributed by atoms with E-state index in [4.69, 9.17) is 9.47 Å². The highest BCUT2D eigenvalue weighted by Crippen LogP contribution is 2.28. The van der Waals surface area contributed by atoms with Gasteiger partial charge < -0.3 is 14.8 Å². The molecule has 1 unspecified atom stereocenters. The van der Waals surface area contributed by atoms with Crippen molar-refractivity contribution in [3.63, 3.8) is 0 Å². The Balaban J connectivity index is 2.20. The zero-order valence-corrected chi connectivity index (χ0v) is 18.5. The Kier molecular flexibility index (Phi) is 8.88. The molecule has 2 N–H and O–H groups in total. The number of anilines is 1. The van der Waals surface area contributed by atoms with Crippen molar-refractivity contribution < 1.29 is 22.7 Å². The standard InChI is InChI=1S/C20H33N3O5S/c1-5-16(6-2)19(23-9-11-28-12-10-23)14-21-29(25,26)17-7-8-20(27-4)18(13-17)22-15(3)24/h7-8,13,16,19,21H,5-6,9-12,14H2,1-4H3,(H,22,24). The smallest absolute Gasteiger partial charge is 0.240 e. The van der Waals surface area contributed by atoms with Crippen LogP contribution in [-0.4, -0.2) is 65.2 Å². The highest BCUT2D eigenvalue weighted by Gasteiger charge is 2.28. The molecule has 1 saturated heterocycles. The largest absolute Gasteiger partial charge is 0.495 e. The third kappa shape index (κ3) is 6.40. The maximum absolute atomic E-state index is 12.9. The van der Waals surface area contributed by atoms with Gasteiger partial charge in [-0.25, -0.2) is 13.1 Å². The number of amides is 1. The third-order valence-corrected chi connectivity index (χ3v) is 6.80. The lowest BCUT2D eigenvalue weighted by Crippen LogP contribution is -2.52. The van der Waals surface area contributed by atoms with E-state index in [1.807, 2.05) is 0 Å². The number of nitrogens with one attached hydrogen (secondary N) is 2. The molecule has 0 spiro atoms. The van der Waals surface area contributed by atoms with Crippen molar-refractivity contribution in [2.45, 2.75) is 44.6 Å². The minimum Gasteiger partial charge on any atom is -0.495 e. The molecule has 29 heavy (non-hydrogen) atoms. The van der Waals surface area contributed by atoms with Gasteiger partial charge in [0.15, 0.2) is 0 Å². The van der Waals surface area contributed by atoms with E-state index in [9.17, 15) is 13.2 Å². The molecule has 0 saturated carbocycles. The lowest BCUT2D eigenvalue weighted by atomic mass is 9.92. The number of methoxy groups -OCH3 is 1. The fourth-order valence-corrected chi connectivity index (χ4v) is 4.83. The molecule has 0 aromatic heterocycles. The number of nitrogens with zero attached hydrogens (tertiary/aromatic N) is 1.